The molecule has 0 radical (unpaired) electrons. The van der Waals surface area contributed by atoms with Gasteiger partial charge in [0, 0.05) is 6.07 Å². The van der Waals surface area contributed by atoms with Crippen LogP contribution in [0.1, 0.15) is 5.56 Å². The summed E-state index contributed by atoms with van der Waals surface area (Å²) in [5, 5.41) is 10.3. The molecule has 15 heavy (non-hydrogen) atoms. The minimum absolute atomic E-state index is 0.284. The smallest absolute Gasteiger partial charge is 0.258 e. The van der Waals surface area contributed by atoms with Gasteiger partial charge in [-0.3, -0.25) is 10.1 Å². The van der Waals surface area contributed by atoms with Crippen LogP contribution >= 0.6 is 0 Å². The predicted octanol–water partition coefficient (Wildman–Crippen LogP) is 3.16. The maximum absolute atomic E-state index is 12.3. The number of hydrogen-bond donors (Lipinski definition) is 0. The van der Waals surface area contributed by atoms with E-state index in [4.69, 9.17) is 6.57 Å². The summed E-state index contributed by atoms with van der Waals surface area (Å²) in [5.41, 5.74) is -2.73. The molecule has 0 aliphatic heterocycles. The van der Waals surface area contributed by atoms with E-state index in [1.165, 1.54) is 0 Å². The molecule has 1 aromatic rings. The van der Waals surface area contributed by atoms with Gasteiger partial charge in [-0.05, 0) is 12.1 Å². The minimum atomic E-state index is -4.83. The molecule has 0 fully saturated rings. The molecule has 0 aromatic heterocycles. The van der Waals surface area contributed by atoms with Gasteiger partial charge in [0.15, 0.2) is 5.69 Å². The average Bonchev–Trinajstić information content (AvgIpc) is 2.15. The number of rotatable bonds is 1. The van der Waals surface area contributed by atoms with E-state index < -0.39 is 22.4 Å². The monoisotopic (exact) mass is 216 g/mol. The number of nitro groups is 1. The number of nitrogens with zero attached hydrogens (tertiary/aromatic N) is 2. The van der Waals surface area contributed by atoms with Gasteiger partial charge in [-0.1, -0.05) is 0 Å². The second-order valence-corrected chi connectivity index (χ2v) is 2.57. The molecule has 0 saturated heterocycles. The normalized spacial score (nSPS) is 10.8. The van der Waals surface area contributed by atoms with Crippen molar-refractivity contribution in [2.75, 3.05) is 0 Å². The molecule has 0 aliphatic carbocycles. The SMILES string of the molecule is [C-]#[N+]c1ccc([N+](=O)[O-])c(C(F)(F)F)c1. The van der Waals surface area contributed by atoms with E-state index in [1.54, 1.807) is 0 Å². The van der Waals surface area contributed by atoms with Gasteiger partial charge in [0.2, 0.25) is 0 Å². The number of hydrogen-bond acceptors (Lipinski definition) is 2. The quantitative estimate of drug-likeness (QED) is 0.411. The Kier molecular flexibility index (Phi) is 2.61. The number of nitro benzene ring substituents is 1. The third-order valence-electron chi connectivity index (χ3n) is 1.61. The van der Waals surface area contributed by atoms with Gasteiger partial charge in [0.1, 0.15) is 5.56 Å². The van der Waals surface area contributed by atoms with Gasteiger partial charge < -0.3 is 0 Å². The summed E-state index contributed by atoms with van der Waals surface area (Å²) in [6.45, 7) is 6.51. The van der Waals surface area contributed by atoms with E-state index in [-0.39, 0.29) is 5.69 Å². The maximum Gasteiger partial charge on any atom is 0.421 e. The molecule has 0 bridgehead atoms. The molecule has 0 saturated carbocycles. The molecule has 0 aliphatic rings. The van der Waals surface area contributed by atoms with Crippen molar-refractivity contribution in [1.82, 2.24) is 0 Å². The van der Waals surface area contributed by atoms with Crippen LogP contribution in [0.2, 0.25) is 0 Å². The first-order valence-corrected chi connectivity index (χ1v) is 3.59. The fourth-order valence-corrected chi connectivity index (χ4v) is 0.980. The Labute approximate surface area is 81.9 Å². The molecule has 1 aromatic carbocycles. The molecule has 0 spiro atoms. The lowest BCUT2D eigenvalue weighted by molar-refractivity contribution is -0.388. The third kappa shape index (κ3) is 2.22. The summed E-state index contributed by atoms with van der Waals surface area (Å²) in [6, 6.07) is 2.11. The fraction of sp³-hybridized carbons (Fsp3) is 0.125. The topological polar surface area (TPSA) is 47.5 Å². The maximum atomic E-state index is 12.3. The van der Waals surface area contributed by atoms with Crippen LogP contribution in [-0.2, 0) is 6.18 Å². The minimum Gasteiger partial charge on any atom is -0.258 e. The third-order valence-corrected chi connectivity index (χ3v) is 1.61. The highest BCUT2D eigenvalue weighted by atomic mass is 19.4. The first-order chi connectivity index (χ1) is 6.86. The Morgan fingerprint density at radius 3 is 2.40 bits per heavy atom. The van der Waals surface area contributed by atoms with Crippen LogP contribution in [0.3, 0.4) is 0 Å². The first-order valence-electron chi connectivity index (χ1n) is 3.59. The van der Waals surface area contributed by atoms with E-state index >= 15 is 0 Å². The van der Waals surface area contributed by atoms with Crippen molar-refractivity contribution in [3.05, 3.63) is 45.3 Å². The van der Waals surface area contributed by atoms with E-state index in [0.717, 1.165) is 6.07 Å². The zero-order chi connectivity index (χ0) is 11.6. The van der Waals surface area contributed by atoms with Gasteiger partial charge in [-0.15, -0.1) is 0 Å². The van der Waals surface area contributed by atoms with Crippen molar-refractivity contribution in [2.45, 2.75) is 6.18 Å². The molecule has 0 atom stereocenters. The van der Waals surface area contributed by atoms with Crippen LogP contribution in [0.4, 0.5) is 24.5 Å². The molecule has 0 heterocycles. The standard InChI is InChI=1S/C8H3F3N2O2/c1-12-5-2-3-7(13(14)15)6(4-5)8(9,10)11/h2-4H. The second kappa shape index (κ2) is 3.57. The predicted molar refractivity (Wildman–Crippen MR) is 44.4 cm³/mol. The molecule has 0 unspecified atom stereocenters. The highest BCUT2D eigenvalue weighted by molar-refractivity contribution is 5.55. The largest absolute Gasteiger partial charge is 0.421 e. The Hall–Kier alpha value is -2.10. The number of alkyl halides is 3. The Balaban J connectivity index is 3.44. The van der Waals surface area contributed by atoms with Gasteiger partial charge in [0.05, 0.1) is 11.5 Å². The highest BCUT2D eigenvalue weighted by Gasteiger charge is 2.38. The van der Waals surface area contributed by atoms with Crippen molar-refractivity contribution < 1.29 is 18.1 Å². The summed E-state index contributed by atoms with van der Waals surface area (Å²) in [5.74, 6) is 0. The summed E-state index contributed by atoms with van der Waals surface area (Å²) < 4.78 is 37.0. The van der Waals surface area contributed by atoms with Crippen LogP contribution in [-0.4, -0.2) is 4.92 Å². The molecular formula is C8H3F3N2O2. The average molecular weight is 216 g/mol. The summed E-state index contributed by atoms with van der Waals surface area (Å²) in [4.78, 5) is 11.9. The Morgan fingerprint density at radius 2 is 2.00 bits per heavy atom. The summed E-state index contributed by atoms with van der Waals surface area (Å²) in [7, 11) is 0. The van der Waals surface area contributed by atoms with E-state index in [2.05, 4.69) is 4.85 Å². The van der Waals surface area contributed by atoms with Crippen LogP contribution in [0, 0.1) is 16.7 Å². The van der Waals surface area contributed by atoms with Crippen LogP contribution in [0.5, 0.6) is 0 Å². The van der Waals surface area contributed by atoms with Crippen molar-refractivity contribution in [3.8, 4) is 0 Å². The van der Waals surface area contributed by atoms with Gasteiger partial charge in [-0.25, -0.2) is 4.85 Å². The van der Waals surface area contributed by atoms with E-state index in [1.807, 2.05) is 0 Å². The molecule has 0 amide bonds. The molecule has 78 valence electrons. The van der Waals surface area contributed by atoms with Crippen molar-refractivity contribution >= 4 is 11.4 Å². The van der Waals surface area contributed by atoms with Crippen LogP contribution in [0.25, 0.3) is 4.85 Å². The molecule has 1 rings (SSSR count). The van der Waals surface area contributed by atoms with E-state index in [0.29, 0.717) is 12.1 Å². The van der Waals surface area contributed by atoms with Crippen molar-refractivity contribution in [1.29, 1.82) is 0 Å². The highest BCUT2D eigenvalue weighted by Crippen LogP contribution is 2.37. The first kappa shape index (κ1) is 11.0. The number of benzene rings is 1. The van der Waals surface area contributed by atoms with E-state index in [9.17, 15) is 23.3 Å². The zero-order valence-electron chi connectivity index (χ0n) is 7.08. The molecule has 4 nitrogen and oxygen atoms in total. The molecule has 0 N–H and O–H groups in total. The number of halogens is 3. The second-order valence-electron chi connectivity index (χ2n) is 2.57. The molecule has 7 heteroatoms. The van der Waals surface area contributed by atoms with Crippen LogP contribution < -0.4 is 0 Å². The van der Waals surface area contributed by atoms with Crippen LogP contribution in [0.15, 0.2) is 18.2 Å². The fourth-order valence-electron chi connectivity index (χ4n) is 0.980. The van der Waals surface area contributed by atoms with Crippen molar-refractivity contribution in [2.24, 2.45) is 0 Å². The Morgan fingerprint density at radius 1 is 1.40 bits per heavy atom. The van der Waals surface area contributed by atoms with Crippen molar-refractivity contribution in [3.63, 3.8) is 0 Å². The lowest BCUT2D eigenvalue weighted by atomic mass is 10.1. The Bertz CT molecular complexity index is 448. The lowest BCUT2D eigenvalue weighted by Crippen LogP contribution is -2.08. The summed E-state index contributed by atoms with van der Waals surface area (Å²) >= 11 is 0. The van der Waals surface area contributed by atoms with Gasteiger partial charge in [-0.2, -0.15) is 13.2 Å². The van der Waals surface area contributed by atoms with Gasteiger partial charge in [0.25, 0.3) is 5.69 Å². The molecular weight excluding hydrogens is 213 g/mol. The zero-order valence-corrected chi connectivity index (χ0v) is 7.08. The lowest BCUT2D eigenvalue weighted by Gasteiger charge is -2.07. The summed E-state index contributed by atoms with van der Waals surface area (Å²) in [6.07, 6.45) is -4.83. The van der Waals surface area contributed by atoms with Gasteiger partial charge >= 0.3 is 6.18 Å².